The van der Waals surface area contributed by atoms with Crippen LogP contribution < -0.4 is 10.6 Å². The van der Waals surface area contributed by atoms with Gasteiger partial charge in [0.05, 0.1) is 11.7 Å². The van der Waals surface area contributed by atoms with Gasteiger partial charge in [0.15, 0.2) is 0 Å². The lowest BCUT2D eigenvalue weighted by Gasteiger charge is -2.25. The highest BCUT2D eigenvalue weighted by molar-refractivity contribution is 5.31. The van der Waals surface area contributed by atoms with Crippen LogP contribution in [0.1, 0.15) is 20.3 Å². The molecule has 0 bridgehead atoms. The molecule has 1 fully saturated rings. The second kappa shape index (κ2) is 2.11. The number of hydrogen-bond acceptors (Lipinski definition) is 2. The zero-order chi connectivity index (χ0) is 7.90. The summed E-state index contributed by atoms with van der Waals surface area (Å²) >= 11 is 0. The van der Waals surface area contributed by atoms with Gasteiger partial charge in [-0.05, 0) is 26.3 Å². The van der Waals surface area contributed by atoms with Crippen LogP contribution in [0.5, 0.6) is 0 Å². The molecule has 1 heterocycles. The maximum absolute atomic E-state index is 3.50. The van der Waals surface area contributed by atoms with E-state index in [4.69, 9.17) is 0 Å². The molecule has 60 valence electrons. The molecule has 2 rings (SSSR count). The molecule has 2 N–H and O–H groups in total. The van der Waals surface area contributed by atoms with Gasteiger partial charge in [0.2, 0.25) is 0 Å². The van der Waals surface area contributed by atoms with Crippen molar-refractivity contribution in [3.05, 3.63) is 23.9 Å². The maximum Gasteiger partial charge on any atom is 0.0744 e. The monoisotopic (exact) mass is 150 g/mol. The molecule has 2 unspecified atom stereocenters. The van der Waals surface area contributed by atoms with Crippen LogP contribution in [-0.2, 0) is 0 Å². The Labute approximate surface area is 67.4 Å². The van der Waals surface area contributed by atoms with Gasteiger partial charge in [0.25, 0.3) is 0 Å². The number of fused-ring (bicyclic) bond motifs is 1. The van der Waals surface area contributed by atoms with Gasteiger partial charge in [-0.1, -0.05) is 12.2 Å². The highest BCUT2D eigenvalue weighted by Gasteiger charge is 2.36. The fraction of sp³-hybridized carbons (Fsp3) is 0.556. The van der Waals surface area contributed by atoms with Crippen molar-refractivity contribution in [2.24, 2.45) is 0 Å². The van der Waals surface area contributed by atoms with Crippen LogP contribution in [-0.4, -0.2) is 11.7 Å². The smallest absolute Gasteiger partial charge is 0.0744 e. The third-order valence-electron chi connectivity index (χ3n) is 2.43. The summed E-state index contributed by atoms with van der Waals surface area (Å²) in [7, 11) is 0. The molecule has 1 aliphatic heterocycles. The van der Waals surface area contributed by atoms with Gasteiger partial charge in [-0.15, -0.1) is 0 Å². The van der Waals surface area contributed by atoms with E-state index in [-0.39, 0.29) is 5.54 Å². The van der Waals surface area contributed by atoms with Crippen LogP contribution in [0.25, 0.3) is 0 Å². The van der Waals surface area contributed by atoms with E-state index in [0.717, 1.165) is 6.42 Å². The number of nitrogens with one attached hydrogen (secondary N) is 2. The molecule has 1 saturated heterocycles. The molecule has 0 aromatic rings. The van der Waals surface area contributed by atoms with E-state index in [0.29, 0.717) is 6.17 Å². The van der Waals surface area contributed by atoms with Crippen LogP contribution in [0.4, 0.5) is 0 Å². The fourth-order valence-corrected chi connectivity index (χ4v) is 1.85. The number of allylic oxidation sites excluding steroid dienone is 2. The first-order valence-corrected chi connectivity index (χ1v) is 4.12. The highest BCUT2D eigenvalue weighted by Crippen LogP contribution is 2.27. The minimum atomic E-state index is 0.175. The summed E-state index contributed by atoms with van der Waals surface area (Å²) in [6.07, 6.45) is 7.97. The molecule has 0 amide bonds. The van der Waals surface area contributed by atoms with E-state index in [1.54, 1.807) is 0 Å². The zero-order valence-corrected chi connectivity index (χ0v) is 7.02. The van der Waals surface area contributed by atoms with E-state index >= 15 is 0 Å². The third kappa shape index (κ3) is 0.979. The van der Waals surface area contributed by atoms with Gasteiger partial charge in [-0.3, -0.25) is 5.32 Å². The summed E-state index contributed by atoms with van der Waals surface area (Å²) in [5.74, 6) is 0. The highest BCUT2D eigenvalue weighted by atomic mass is 15.3. The van der Waals surface area contributed by atoms with Gasteiger partial charge < -0.3 is 5.32 Å². The Balaban J connectivity index is 2.30. The van der Waals surface area contributed by atoms with Crippen molar-refractivity contribution < 1.29 is 0 Å². The third-order valence-corrected chi connectivity index (χ3v) is 2.43. The molecule has 2 heteroatoms. The fourth-order valence-electron chi connectivity index (χ4n) is 1.85. The Morgan fingerprint density at radius 2 is 2.45 bits per heavy atom. The van der Waals surface area contributed by atoms with Gasteiger partial charge in [0, 0.05) is 5.70 Å². The van der Waals surface area contributed by atoms with Crippen LogP contribution >= 0.6 is 0 Å². The van der Waals surface area contributed by atoms with Crippen molar-refractivity contribution >= 4 is 0 Å². The standard InChI is InChI=1S/C9H14N2/c1-7-10-8-5-3-4-6-9(8,2)11-7/h3-5,7,10-11H,6H2,1-2H3. The molecule has 0 spiro atoms. The van der Waals surface area contributed by atoms with Crippen molar-refractivity contribution in [3.8, 4) is 0 Å². The number of hydrogen-bond donors (Lipinski definition) is 2. The molecule has 0 aromatic heterocycles. The van der Waals surface area contributed by atoms with Crippen LogP contribution in [0.2, 0.25) is 0 Å². The lowest BCUT2D eigenvalue weighted by Crippen LogP contribution is -2.40. The molecule has 0 radical (unpaired) electrons. The first-order chi connectivity index (χ1) is 5.21. The van der Waals surface area contributed by atoms with Crippen LogP contribution in [0, 0.1) is 0 Å². The molecule has 0 aromatic carbocycles. The Kier molecular flexibility index (Phi) is 1.33. The molecule has 0 saturated carbocycles. The Bertz CT molecular complexity index is 230. The topological polar surface area (TPSA) is 24.1 Å². The average Bonchev–Trinajstić information content (AvgIpc) is 2.22. The Morgan fingerprint density at radius 3 is 3.18 bits per heavy atom. The van der Waals surface area contributed by atoms with Crippen LogP contribution in [0.3, 0.4) is 0 Å². The van der Waals surface area contributed by atoms with Crippen molar-refractivity contribution in [2.75, 3.05) is 0 Å². The van der Waals surface area contributed by atoms with Gasteiger partial charge in [-0.2, -0.15) is 0 Å². The molecule has 2 nitrogen and oxygen atoms in total. The summed E-state index contributed by atoms with van der Waals surface area (Å²) < 4.78 is 0. The molecule has 2 atom stereocenters. The Morgan fingerprint density at radius 1 is 1.64 bits per heavy atom. The first-order valence-electron chi connectivity index (χ1n) is 4.12. The largest absolute Gasteiger partial charge is 0.372 e. The lowest BCUT2D eigenvalue weighted by molar-refractivity contribution is 0.440. The Hall–Kier alpha value is -0.760. The first kappa shape index (κ1) is 6.92. The van der Waals surface area contributed by atoms with Gasteiger partial charge in [-0.25, -0.2) is 0 Å². The van der Waals surface area contributed by atoms with Crippen molar-refractivity contribution in [3.63, 3.8) is 0 Å². The van der Waals surface area contributed by atoms with Gasteiger partial charge in [0.1, 0.15) is 0 Å². The van der Waals surface area contributed by atoms with Gasteiger partial charge >= 0.3 is 0 Å². The minimum Gasteiger partial charge on any atom is -0.372 e. The predicted octanol–water partition coefficient (Wildman–Crippen LogP) is 1.13. The molecule has 2 aliphatic rings. The van der Waals surface area contributed by atoms with E-state index in [2.05, 4.69) is 42.7 Å². The molecular formula is C9H14N2. The minimum absolute atomic E-state index is 0.175. The predicted molar refractivity (Wildman–Crippen MR) is 46.0 cm³/mol. The van der Waals surface area contributed by atoms with E-state index in [1.165, 1.54) is 5.70 Å². The zero-order valence-electron chi connectivity index (χ0n) is 7.02. The summed E-state index contributed by atoms with van der Waals surface area (Å²) in [5.41, 5.74) is 1.50. The van der Waals surface area contributed by atoms with E-state index < -0.39 is 0 Å². The number of rotatable bonds is 0. The molecule has 1 aliphatic carbocycles. The summed E-state index contributed by atoms with van der Waals surface area (Å²) in [6.45, 7) is 4.38. The van der Waals surface area contributed by atoms with Crippen molar-refractivity contribution in [1.82, 2.24) is 10.6 Å². The lowest BCUT2D eigenvalue weighted by atomic mass is 9.91. The summed E-state index contributed by atoms with van der Waals surface area (Å²) in [5, 5.41) is 6.90. The SMILES string of the molecule is CC1NC2=CC=CCC2(C)N1. The molecular weight excluding hydrogens is 136 g/mol. The average molecular weight is 150 g/mol. The quantitative estimate of drug-likeness (QED) is 0.541. The van der Waals surface area contributed by atoms with Crippen LogP contribution in [0.15, 0.2) is 23.9 Å². The summed E-state index contributed by atoms with van der Waals surface area (Å²) in [6, 6.07) is 0. The maximum atomic E-state index is 3.50. The molecule has 11 heavy (non-hydrogen) atoms. The van der Waals surface area contributed by atoms with E-state index in [1.807, 2.05) is 0 Å². The second-order valence-corrected chi connectivity index (χ2v) is 3.56. The second-order valence-electron chi connectivity index (χ2n) is 3.56. The van der Waals surface area contributed by atoms with Crippen molar-refractivity contribution in [1.29, 1.82) is 0 Å². The normalized spacial score (nSPS) is 41.3. The summed E-state index contributed by atoms with van der Waals surface area (Å²) in [4.78, 5) is 0. The van der Waals surface area contributed by atoms with Crippen molar-refractivity contribution in [2.45, 2.75) is 32.0 Å². The van der Waals surface area contributed by atoms with E-state index in [9.17, 15) is 0 Å².